The van der Waals surface area contributed by atoms with Crippen molar-refractivity contribution in [2.75, 3.05) is 13.2 Å². The highest BCUT2D eigenvalue weighted by atomic mass is 19.1. The first-order valence-electron chi connectivity index (χ1n) is 7.33. The highest BCUT2D eigenvalue weighted by Crippen LogP contribution is 2.18. The van der Waals surface area contributed by atoms with Gasteiger partial charge < -0.3 is 14.2 Å². The van der Waals surface area contributed by atoms with Gasteiger partial charge in [0.1, 0.15) is 31.4 Å². The summed E-state index contributed by atoms with van der Waals surface area (Å²) in [7, 11) is 0. The van der Waals surface area contributed by atoms with E-state index in [1.54, 1.807) is 0 Å². The molecule has 2 rings (SSSR count). The summed E-state index contributed by atoms with van der Waals surface area (Å²) in [5.74, 6) is -1.67. The topological polar surface area (TPSA) is 61.8 Å². The first-order chi connectivity index (χ1) is 11.6. The van der Waals surface area contributed by atoms with Crippen molar-refractivity contribution in [3.8, 4) is 5.75 Å². The second-order valence-electron chi connectivity index (χ2n) is 4.89. The van der Waals surface area contributed by atoms with E-state index in [-0.39, 0.29) is 31.1 Å². The molecule has 126 valence electrons. The maximum Gasteiger partial charge on any atom is 0.341 e. The third kappa shape index (κ3) is 5.39. The smallest absolute Gasteiger partial charge is 0.341 e. The summed E-state index contributed by atoms with van der Waals surface area (Å²) in [5.41, 5.74) is 0.648. The van der Waals surface area contributed by atoms with Gasteiger partial charge in [-0.1, -0.05) is 30.3 Å². The fraction of sp³-hybridized carbons (Fsp3) is 0.222. The Bertz CT molecular complexity index is 700. The molecule has 0 N–H and O–H groups in total. The number of benzene rings is 2. The first kappa shape index (κ1) is 17.5. The van der Waals surface area contributed by atoms with Gasteiger partial charge in [0.25, 0.3) is 0 Å². The monoisotopic (exact) mass is 332 g/mol. The predicted molar refractivity (Wildman–Crippen MR) is 84.1 cm³/mol. The summed E-state index contributed by atoms with van der Waals surface area (Å²) < 4.78 is 29.0. The lowest BCUT2D eigenvalue weighted by atomic mass is 10.2. The summed E-state index contributed by atoms with van der Waals surface area (Å²) in [6, 6.07) is 13.0. The third-order valence-corrected chi connectivity index (χ3v) is 3.03. The van der Waals surface area contributed by atoms with Crippen molar-refractivity contribution >= 4 is 11.9 Å². The van der Waals surface area contributed by atoms with Crippen LogP contribution in [0.3, 0.4) is 0 Å². The van der Waals surface area contributed by atoms with E-state index in [4.69, 9.17) is 14.2 Å². The third-order valence-electron chi connectivity index (χ3n) is 3.03. The molecule has 0 aromatic heterocycles. The van der Waals surface area contributed by atoms with Crippen molar-refractivity contribution in [2.24, 2.45) is 0 Å². The van der Waals surface area contributed by atoms with Crippen LogP contribution in [-0.2, 0) is 20.9 Å². The van der Waals surface area contributed by atoms with E-state index in [9.17, 15) is 14.0 Å². The molecule has 0 radical (unpaired) electrons. The summed E-state index contributed by atoms with van der Waals surface area (Å²) in [6.07, 6.45) is 0. The van der Waals surface area contributed by atoms with Crippen LogP contribution in [0, 0.1) is 5.82 Å². The van der Waals surface area contributed by atoms with Gasteiger partial charge in [-0.2, -0.15) is 0 Å². The summed E-state index contributed by atoms with van der Waals surface area (Å²) in [4.78, 5) is 22.5. The quantitative estimate of drug-likeness (QED) is 0.576. The van der Waals surface area contributed by atoms with Crippen LogP contribution < -0.4 is 4.74 Å². The van der Waals surface area contributed by atoms with Gasteiger partial charge in [-0.05, 0) is 17.7 Å². The van der Waals surface area contributed by atoms with Crippen molar-refractivity contribution < 1.29 is 28.2 Å². The van der Waals surface area contributed by atoms with E-state index in [1.165, 1.54) is 19.1 Å². The standard InChI is InChI=1S/C18H17FO5/c1-13(20)22-9-10-23-15-7-8-16(17(19)11-15)18(21)24-12-14-5-3-2-4-6-14/h2-8,11H,9-10,12H2,1H3. The van der Waals surface area contributed by atoms with Gasteiger partial charge in [-0.15, -0.1) is 0 Å². The maximum absolute atomic E-state index is 14.0. The molecule has 0 atom stereocenters. The summed E-state index contributed by atoms with van der Waals surface area (Å²) in [5, 5.41) is 0. The van der Waals surface area contributed by atoms with Gasteiger partial charge in [0.2, 0.25) is 0 Å². The summed E-state index contributed by atoms with van der Waals surface area (Å²) in [6.45, 7) is 1.52. The minimum atomic E-state index is -0.747. The van der Waals surface area contributed by atoms with Crippen LogP contribution in [0.2, 0.25) is 0 Å². The van der Waals surface area contributed by atoms with E-state index >= 15 is 0 Å². The van der Waals surface area contributed by atoms with Crippen LogP contribution in [0.15, 0.2) is 48.5 Å². The molecule has 5 nitrogen and oxygen atoms in total. The lowest BCUT2D eigenvalue weighted by Crippen LogP contribution is -2.11. The number of esters is 2. The molecule has 0 bridgehead atoms. The molecule has 0 spiro atoms. The van der Waals surface area contributed by atoms with E-state index in [0.29, 0.717) is 0 Å². The van der Waals surface area contributed by atoms with Crippen LogP contribution >= 0.6 is 0 Å². The van der Waals surface area contributed by atoms with Crippen LogP contribution in [0.25, 0.3) is 0 Å². The molecule has 0 heterocycles. The molecule has 0 unspecified atom stereocenters. The first-order valence-corrected chi connectivity index (χ1v) is 7.33. The molecule has 2 aromatic carbocycles. The lowest BCUT2D eigenvalue weighted by molar-refractivity contribution is -0.141. The van der Waals surface area contributed by atoms with Crippen LogP contribution in [0.4, 0.5) is 4.39 Å². The normalized spacial score (nSPS) is 10.1. The van der Waals surface area contributed by atoms with Gasteiger partial charge in [-0.3, -0.25) is 4.79 Å². The second kappa shape index (κ2) is 8.67. The highest BCUT2D eigenvalue weighted by Gasteiger charge is 2.14. The number of carbonyl (C=O) groups is 2. The van der Waals surface area contributed by atoms with Crippen molar-refractivity contribution in [3.05, 3.63) is 65.5 Å². The zero-order chi connectivity index (χ0) is 17.4. The minimum absolute atomic E-state index is 0.0673. The molecule has 0 amide bonds. The average molecular weight is 332 g/mol. The van der Waals surface area contributed by atoms with Gasteiger partial charge in [-0.25, -0.2) is 9.18 Å². The average Bonchev–Trinajstić information content (AvgIpc) is 2.57. The molecular weight excluding hydrogens is 315 g/mol. The minimum Gasteiger partial charge on any atom is -0.490 e. The number of halogens is 1. The van der Waals surface area contributed by atoms with Crippen LogP contribution in [0.1, 0.15) is 22.8 Å². The molecule has 24 heavy (non-hydrogen) atoms. The molecular formula is C18H17FO5. The van der Waals surface area contributed by atoms with Crippen molar-refractivity contribution in [1.29, 1.82) is 0 Å². The van der Waals surface area contributed by atoms with Crippen molar-refractivity contribution in [2.45, 2.75) is 13.5 Å². The Morgan fingerprint density at radius 3 is 2.42 bits per heavy atom. The largest absolute Gasteiger partial charge is 0.490 e. The number of rotatable bonds is 7. The zero-order valence-corrected chi connectivity index (χ0v) is 13.2. The zero-order valence-electron chi connectivity index (χ0n) is 13.2. The SMILES string of the molecule is CC(=O)OCCOc1ccc(C(=O)OCc2ccccc2)c(F)c1. The van der Waals surface area contributed by atoms with E-state index in [0.717, 1.165) is 11.6 Å². The Morgan fingerprint density at radius 1 is 1.00 bits per heavy atom. The molecule has 0 aliphatic heterocycles. The van der Waals surface area contributed by atoms with Crippen molar-refractivity contribution in [3.63, 3.8) is 0 Å². The number of ether oxygens (including phenoxy) is 3. The maximum atomic E-state index is 14.0. The van der Waals surface area contributed by atoms with Gasteiger partial charge in [0.05, 0.1) is 5.56 Å². The second-order valence-corrected chi connectivity index (χ2v) is 4.89. The van der Waals surface area contributed by atoms with Gasteiger partial charge >= 0.3 is 11.9 Å². The highest BCUT2D eigenvalue weighted by molar-refractivity contribution is 5.89. The number of hydrogen-bond acceptors (Lipinski definition) is 5. The Morgan fingerprint density at radius 2 is 1.75 bits per heavy atom. The van der Waals surface area contributed by atoms with Crippen molar-refractivity contribution in [1.82, 2.24) is 0 Å². The summed E-state index contributed by atoms with van der Waals surface area (Å²) >= 11 is 0. The Labute approximate surface area is 139 Å². The van der Waals surface area contributed by atoms with Crippen LogP contribution in [-0.4, -0.2) is 25.2 Å². The van der Waals surface area contributed by atoms with Gasteiger partial charge in [0, 0.05) is 13.0 Å². The molecule has 0 aliphatic rings. The molecule has 0 fully saturated rings. The number of hydrogen-bond donors (Lipinski definition) is 0. The molecule has 0 saturated carbocycles. The fourth-order valence-electron chi connectivity index (χ4n) is 1.90. The Balaban J connectivity index is 1.88. The lowest BCUT2D eigenvalue weighted by Gasteiger charge is -2.09. The Kier molecular flexibility index (Phi) is 6.31. The van der Waals surface area contributed by atoms with Gasteiger partial charge in [0.15, 0.2) is 0 Å². The molecule has 0 saturated heterocycles. The fourth-order valence-corrected chi connectivity index (χ4v) is 1.90. The van der Waals surface area contributed by atoms with E-state index in [2.05, 4.69) is 0 Å². The molecule has 0 aliphatic carbocycles. The number of carbonyl (C=O) groups excluding carboxylic acids is 2. The predicted octanol–water partition coefficient (Wildman–Crippen LogP) is 3.12. The molecule has 2 aromatic rings. The van der Waals surface area contributed by atoms with Crippen LogP contribution in [0.5, 0.6) is 5.75 Å². The Hall–Kier alpha value is -2.89. The van der Waals surface area contributed by atoms with E-state index < -0.39 is 17.8 Å². The molecule has 6 heteroatoms. The van der Waals surface area contributed by atoms with E-state index in [1.807, 2.05) is 30.3 Å².